The first-order valence-electron chi connectivity index (χ1n) is 6.18. The van der Waals surface area contributed by atoms with Gasteiger partial charge in [-0.1, -0.05) is 11.2 Å². The summed E-state index contributed by atoms with van der Waals surface area (Å²) in [5, 5.41) is 3.79. The Bertz CT molecular complexity index is 593. The van der Waals surface area contributed by atoms with Crippen molar-refractivity contribution < 1.29 is 13.3 Å². The van der Waals surface area contributed by atoms with Gasteiger partial charge in [0, 0.05) is 6.04 Å². The predicted molar refractivity (Wildman–Crippen MR) is 75.7 cm³/mol. The van der Waals surface area contributed by atoms with Crippen LogP contribution in [0.4, 0.5) is 8.78 Å². The second-order valence-corrected chi connectivity index (χ2v) is 4.57. The van der Waals surface area contributed by atoms with Gasteiger partial charge in [-0.05, 0) is 31.7 Å². The van der Waals surface area contributed by atoms with Crippen LogP contribution in [0.5, 0.6) is 0 Å². The minimum atomic E-state index is -0.854. The van der Waals surface area contributed by atoms with Gasteiger partial charge in [0.2, 0.25) is 5.89 Å². The van der Waals surface area contributed by atoms with Crippen LogP contribution in [0.15, 0.2) is 22.7 Å². The van der Waals surface area contributed by atoms with E-state index in [1.54, 1.807) is 6.07 Å². The molecule has 1 unspecified atom stereocenters. The molecule has 1 aromatic heterocycles. The molecular formula is C13H17ClF2N4O. The van der Waals surface area contributed by atoms with Gasteiger partial charge in [0.05, 0.1) is 13.1 Å². The minimum absolute atomic E-state index is 0. The van der Waals surface area contributed by atoms with Crippen LogP contribution >= 0.6 is 12.4 Å². The van der Waals surface area contributed by atoms with Crippen LogP contribution in [-0.4, -0.2) is 22.1 Å². The zero-order valence-electron chi connectivity index (χ0n) is 11.7. The summed E-state index contributed by atoms with van der Waals surface area (Å²) in [4.78, 5) is 6.00. The summed E-state index contributed by atoms with van der Waals surface area (Å²) in [7, 11) is 1.84. The molecule has 2 rings (SSSR count). The smallest absolute Gasteiger partial charge is 0.240 e. The van der Waals surface area contributed by atoms with Gasteiger partial charge in [0.25, 0.3) is 0 Å². The van der Waals surface area contributed by atoms with E-state index in [-0.39, 0.29) is 25.0 Å². The summed E-state index contributed by atoms with van der Waals surface area (Å²) >= 11 is 0. The highest BCUT2D eigenvalue weighted by Gasteiger charge is 2.16. The van der Waals surface area contributed by atoms with Crippen molar-refractivity contribution in [2.24, 2.45) is 5.73 Å². The molecule has 0 saturated heterocycles. The molecule has 1 atom stereocenters. The van der Waals surface area contributed by atoms with Crippen LogP contribution in [0.25, 0.3) is 0 Å². The lowest BCUT2D eigenvalue weighted by molar-refractivity contribution is 0.241. The molecule has 0 aliphatic carbocycles. The lowest BCUT2D eigenvalue weighted by Crippen LogP contribution is -2.22. The summed E-state index contributed by atoms with van der Waals surface area (Å²) in [5.74, 6) is -0.835. The fourth-order valence-electron chi connectivity index (χ4n) is 1.82. The topological polar surface area (TPSA) is 68.2 Å². The second kappa shape index (κ2) is 7.44. The molecule has 1 heterocycles. The monoisotopic (exact) mass is 318 g/mol. The van der Waals surface area contributed by atoms with E-state index in [0.717, 1.165) is 6.07 Å². The van der Waals surface area contributed by atoms with Gasteiger partial charge in [-0.3, -0.25) is 4.90 Å². The molecule has 116 valence electrons. The molecular weight excluding hydrogens is 302 g/mol. The number of rotatable bonds is 5. The van der Waals surface area contributed by atoms with Crippen molar-refractivity contribution in [2.45, 2.75) is 26.1 Å². The second-order valence-electron chi connectivity index (χ2n) is 4.57. The standard InChI is InChI=1S/C13H16F2N4O.ClH/c1-8(9-3-4-10(14)11(15)5-9)19(2)7-12-17-13(6-16)20-18-12;/h3-5,8H,6-7,16H2,1-2H3;1H. The predicted octanol–water partition coefficient (Wildman–Crippen LogP) is 2.42. The van der Waals surface area contributed by atoms with E-state index in [1.165, 1.54) is 6.07 Å². The lowest BCUT2D eigenvalue weighted by atomic mass is 10.1. The van der Waals surface area contributed by atoms with Gasteiger partial charge in [0.15, 0.2) is 17.5 Å². The third-order valence-corrected chi connectivity index (χ3v) is 3.16. The number of nitrogens with zero attached hydrogens (tertiary/aromatic N) is 3. The van der Waals surface area contributed by atoms with Crippen molar-refractivity contribution in [3.8, 4) is 0 Å². The third kappa shape index (κ3) is 4.20. The minimum Gasteiger partial charge on any atom is -0.338 e. The molecule has 0 aliphatic heterocycles. The van der Waals surface area contributed by atoms with Crippen LogP contribution in [-0.2, 0) is 13.1 Å². The first-order valence-corrected chi connectivity index (χ1v) is 6.18. The van der Waals surface area contributed by atoms with Gasteiger partial charge in [-0.2, -0.15) is 4.98 Å². The fourth-order valence-corrected chi connectivity index (χ4v) is 1.82. The fraction of sp³-hybridized carbons (Fsp3) is 0.385. The molecule has 0 bridgehead atoms. The summed E-state index contributed by atoms with van der Waals surface area (Å²) < 4.78 is 31.1. The summed E-state index contributed by atoms with van der Waals surface area (Å²) in [6, 6.07) is 3.75. The number of aromatic nitrogens is 2. The summed E-state index contributed by atoms with van der Waals surface area (Å²) in [5.41, 5.74) is 6.06. The van der Waals surface area contributed by atoms with Gasteiger partial charge in [0.1, 0.15) is 0 Å². The number of hydrogen-bond acceptors (Lipinski definition) is 5. The Hall–Kier alpha value is -1.57. The molecule has 0 spiro atoms. The van der Waals surface area contributed by atoms with Crippen LogP contribution < -0.4 is 5.73 Å². The normalized spacial score (nSPS) is 12.3. The summed E-state index contributed by atoms with van der Waals surface area (Å²) in [6.45, 7) is 2.50. The highest BCUT2D eigenvalue weighted by atomic mass is 35.5. The van der Waals surface area contributed by atoms with E-state index in [0.29, 0.717) is 23.8 Å². The van der Waals surface area contributed by atoms with Crippen LogP contribution in [0.1, 0.15) is 30.2 Å². The number of hydrogen-bond donors (Lipinski definition) is 1. The summed E-state index contributed by atoms with van der Waals surface area (Å²) in [6.07, 6.45) is 0. The van der Waals surface area contributed by atoms with E-state index in [9.17, 15) is 8.78 Å². The first-order chi connectivity index (χ1) is 9.51. The molecule has 0 aliphatic rings. The van der Waals surface area contributed by atoms with Crippen molar-refractivity contribution in [1.29, 1.82) is 0 Å². The molecule has 2 N–H and O–H groups in total. The molecule has 2 aromatic rings. The molecule has 8 heteroatoms. The van der Waals surface area contributed by atoms with E-state index < -0.39 is 11.6 Å². The van der Waals surface area contributed by atoms with Crippen molar-refractivity contribution in [2.75, 3.05) is 7.05 Å². The van der Waals surface area contributed by atoms with Gasteiger partial charge in [-0.15, -0.1) is 12.4 Å². The molecule has 1 aromatic carbocycles. The Labute approximate surface area is 127 Å². The van der Waals surface area contributed by atoms with Crippen molar-refractivity contribution in [3.05, 3.63) is 47.1 Å². The Kier molecular flexibility index (Phi) is 6.19. The number of benzene rings is 1. The number of nitrogens with two attached hydrogens (primary N) is 1. The highest BCUT2D eigenvalue weighted by molar-refractivity contribution is 5.85. The van der Waals surface area contributed by atoms with Crippen molar-refractivity contribution in [1.82, 2.24) is 15.0 Å². The van der Waals surface area contributed by atoms with E-state index in [2.05, 4.69) is 10.1 Å². The van der Waals surface area contributed by atoms with Gasteiger partial charge in [-0.25, -0.2) is 8.78 Å². The first kappa shape index (κ1) is 17.5. The Morgan fingerprint density at radius 3 is 2.62 bits per heavy atom. The maximum absolute atomic E-state index is 13.2. The third-order valence-electron chi connectivity index (χ3n) is 3.16. The quantitative estimate of drug-likeness (QED) is 0.917. The molecule has 0 amide bonds. The molecule has 5 nitrogen and oxygen atoms in total. The van der Waals surface area contributed by atoms with Crippen LogP contribution in [0.3, 0.4) is 0 Å². The maximum Gasteiger partial charge on any atom is 0.240 e. The number of halogens is 3. The van der Waals surface area contributed by atoms with Crippen LogP contribution in [0.2, 0.25) is 0 Å². The zero-order chi connectivity index (χ0) is 14.7. The van der Waals surface area contributed by atoms with Gasteiger partial charge >= 0.3 is 0 Å². The molecule has 0 saturated carbocycles. The average Bonchev–Trinajstić information content (AvgIpc) is 2.88. The van der Waals surface area contributed by atoms with E-state index >= 15 is 0 Å². The highest BCUT2D eigenvalue weighted by Crippen LogP contribution is 2.21. The zero-order valence-corrected chi connectivity index (χ0v) is 12.5. The maximum atomic E-state index is 13.2. The SMILES string of the molecule is CC(c1ccc(F)c(F)c1)N(C)Cc1noc(CN)n1.Cl. The molecule has 0 fully saturated rings. The largest absolute Gasteiger partial charge is 0.338 e. The van der Waals surface area contributed by atoms with E-state index in [1.807, 2.05) is 18.9 Å². The Balaban J connectivity index is 0.00000220. The van der Waals surface area contributed by atoms with Crippen LogP contribution in [0, 0.1) is 11.6 Å². The molecule has 0 radical (unpaired) electrons. The molecule has 21 heavy (non-hydrogen) atoms. The average molecular weight is 319 g/mol. The van der Waals surface area contributed by atoms with E-state index in [4.69, 9.17) is 10.3 Å². The van der Waals surface area contributed by atoms with Crippen molar-refractivity contribution in [3.63, 3.8) is 0 Å². The van der Waals surface area contributed by atoms with Gasteiger partial charge < -0.3 is 10.3 Å². The Morgan fingerprint density at radius 2 is 2.05 bits per heavy atom. The Morgan fingerprint density at radius 1 is 1.33 bits per heavy atom. The van der Waals surface area contributed by atoms with Crippen molar-refractivity contribution >= 4 is 12.4 Å². The lowest BCUT2D eigenvalue weighted by Gasteiger charge is -2.23.